The van der Waals surface area contributed by atoms with Crippen molar-refractivity contribution in [3.8, 4) is 0 Å². The van der Waals surface area contributed by atoms with Gasteiger partial charge in [0.15, 0.2) is 0 Å². The summed E-state index contributed by atoms with van der Waals surface area (Å²) in [7, 11) is 3.22. The molecule has 0 atom stereocenters. The van der Waals surface area contributed by atoms with Gasteiger partial charge in [-0.2, -0.15) is 0 Å². The average Bonchev–Trinajstić information content (AvgIpc) is 2.57. The van der Waals surface area contributed by atoms with Crippen LogP contribution in [0, 0.1) is 6.92 Å². The fourth-order valence-electron chi connectivity index (χ4n) is 2.76. The van der Waals surface area contributed by atoms with Crippen LogP contribution in [-0.2, 0) is 9.59 Å². The lowest BCUT2D eigenvalue weighted by molar-refractivity contribution is -0.135. The molecule has 132 valence electrons. The molecule has 0 aliphatic carbocycles. The van der Waals surface area contributed by atoms with Crippen LogP contribution in [0.1, 0.15) is 5.56 Å². The molecule has 0 saturated carbocycles. The standard InChI is InChI=1S/C17H25ClN4O2/c1-13-4-5-14(18)10-15(13)22-8-6-21(7-9-22)12-17(24)20(3)11-16(23)19-2/h4-5,10H,6-9,11-12H2,1-3H3,(H,19,23). The third-order valence-corrected chi connectivity index (χ3v) is 4.56. The van der Waals surface area contributed by atoms with Crippen LogP contribution in [0.2, 0.25) is 5.02 Å². The van der Waals surface area contributed by atoms with Gasteiger partial charge in [0.2, 0.25) is 11.8 Å². The van der Waals surface area contributed by atoms with Crippen LogP contribution in [0.4, 0.5) is 5.69 Å². The molecule has 1 aliphatic rings. The SMILES string of the molecule is CNC(=O)CN(C)C(=O)CN1CCN(c2cc(Cl)ccc2C)CC1. The molecule has 7 heteroatoms. The number of carbonyl (C=O) groups is 2. The molecule has 2 amide bonds. The fraction of sp³-hybridized carbons (Fsp3) is 0.529. The quantitative estimate of drug-likeness (QED) is 0.858. The Kier molecular flexibility index (Phi) is 6.45. The fourth-order valence-corrected chi connectivity index (χ4v) is 2.93. The normalized spacial score (nSPS) is 15.2. The Balaban J connectivity index is 1.85. The Morgan fingerprint density at radius 2 is 1.92 bits per heavy atom. The molecule has 6 nitrogen and oxygen atoms in total. The molecule has 1 aromatic carbocycles. The second-order valence-electron chi connectivity index (χ2n) is 6.12. The number of amides is 2. The Labute approximate surface area is 148 Å². The highest BCUT2D eigenvalue weighted by molar-refractivity contribution is 6.30. The molecule has 1 saturated heterocycles. The maximum atomic E-state index is 12.2. The highest BCUT2D eigenvalue weighted by atomic mass is 35.5. The van der Waals surface area contributed by atoms with Crippen molar-refractivity contribution in [2.45, 2.75) is 6.92 Å². The number of piperazine rings is 1. The minimum Gasteiger partial charge on any atom is -0.369 e. The van der Waals surface area contributed by atoms with Gasteiger partial charge in [-0.1, -0.05) is 17.7 Å². The van der Waals surface area contributed by atoms with Crippen LogP contribution in [0.15, 0.2) is 18.2 Å². The molecule has 0 aromatic heterocycles. The van der Waals surface area contributed by atoms with E-state index in [0.29, 0.717) is 6.54 Å². The Morgan fingerprint density at radius 1 is 1.25 bits per heavy atom. The summed E-state index contributed by atoms with van der Waals surface area (Å²) in [6, 6.07) is 5.92. The second-order valence-corrected chi connectivity index (χ2v) is 6.55. The van der Waals surface area contributed by atoms with Gasteiger partial charge in [0.1, 0.15) is 0 Å². The number of likely N-dealkylation sites (N-methyl/N-ethyl adjacent to an activating group) is 2. The summed E-state index contributed by atoms with van der Waals surface area (Å²) < 4.78 is 0. The van der Waals surface area contributed by atoms with E-state index in [9.17, 15) is 9.59 Å². The molecular formula is C17H25ClN4O2. The van der Waals surface area contributed by atoms with Crippen LogP contribution < -0.4 is 10.2 Å². The van der Waals surface area contributed by atoms with E-state index in [2.05, 4.69) is 22.0 Å². The minimum absolute atomic E-state index is 0.0361. The van der Waals surface area contributed by atoms with Gasteiger partial charge >= 0.3 is 0 Å². The maximum absolute atomic E-state index is 12.2. The zero-order valence-electron chi connectivity index (χ0n) is 14.5. The number of anilines is 1. The maximum Gasteiger partial charge on any atom is 0.239 e. The second kappa shape index (κ2) is 8.35. The summed E-state index contributed by atoms with van der Waals surface area (Å²) in [5, 5.41) is 3.26. The summed E-state index contributed by atoms with van der Waals surface area (Å²) in [5.41, 5.74) is 2.36. The number of rotatable bonds is 5. The van der Waals surface area contributed by atoms with Crippen molar-refractivity contribution in [3.05, 3.63) is 28.8 Å². The van der Waals surface area contributed by atoms with Gasteiger partial charge in [-0.15, -0.1) is 0 Å². The van der Waals surface area contributed by atoms with Gasteiger partial charge in [-0.3, -0.25) is 14.5 Å². The third-order valence-electron chi connectivity index (χ3n) is 4.33. The monoisotopic (exact) mass is 352 g/mol. The molecule has 1 N–H and O–H groups in total. The molecule has 0 bridgehead atoms. The molecule has 1 aromatic rings. The van der Waals surface area contributed by atoms with Crippen molar-refractivity contribution >= 4 is 29.1 Å². The molecule has 0 unspecified atom stereocenters. The van der Waals surface area contributed by atoms with Crippen LogP contribution >= 0.6 is 11.6 Å². The molecule has 0 spiro atoms. The Hall–Kier alpha value is -1.79. The number of hydrogen-bond donors (Lipinski definition) is 1. The first-order valence-corrected chi connectivity index (χ1v) is 8.46. The van der Waals surface area contributed by atoms with E-state index in [0.717, 1.165) is 36.9 Å². The number of aryl methyl sites for hydroxylation is 1. The van der Waals surface area contributed by atoms with Crippen LogP contribution in [0.3, 0.4) is 0 Å². The summed E-state index contributed by atoms with van der Waals surface area (Å²) >= 11 is 6.10. The first kappa shape index (κ1) is 18.5. The summed E-state index contributed by atoms with van der Waals surface area (Å²) in [5.74, 6) is -0.196. The van der Waals surface area contributed by atoms with E-state index in [4.69, 9.17) is 11.6 Å². The molecule has 24 heavy (non-hydrogen) atoms. The summed E-state index contributed by atoms with van der Waals surface area (Å²) in [6.07, 6.45) is 0. The van der Waals surface area contributed by atoms with E-state index >= 15 is 0 Å². The number of halogens is 1. The third kappa shape index (κ3) is 4.85. The largest absolute Gasteiger partial charge is 0.369 e. The van der Waals surface area contributed by atoms with E-state index in [1.807, 2.05) is 18.2 Å². The summed E-state index contributed by atoms with van der Waals surface area (Å²) in [4.78, 5) is 29.4. The number of nitrogens with one attached hydrogen (secondary N) is 1. The lowest BCUT2D eigenvalue weighted by Crippen LogP contribution is -2.50. The van der Waals surface area contributed by atoms with Gasteiger partial charge < -0.3 is 15.1 Å². The minimum atomic E-state index is -0.160. The number of hydrogen-bond acceptors (Lipinski definition) is 4. The molecule has 1 fully saturated rings. The highest BCUT2D eigenvalue weighted by Gasteiger charge is 2.22. The Bertz CT molecular complexity index is 600. The van der Waals surface area contributed by atoms with Gasteiger partial charge in [0, 0.05) is 51.0 Å². The zero-order chi connectivity index (χ0) is 17.7. The first-order valence-electron chi connectivity index (χ1n) is 8.08. The van der Waals surface area contributed by atoms with E-state index in [1.54, 1.807) is 14.1 Å². The van der Waals surface area contributed by atoms with Crippen molar-refractivity contribution in [1.29, 1.82) is 0 Å². The smallest absolute Gasteiger partial charge is 0.239 e. The molecule has 0 radical (unpaired) electrons. The Morgan fingerprint density at radius 3 is 2.54 bits per heavy atom. The number of benzene rings is 1. The molecule has 1 heterocycles. The number of nitrogens with zero attached hydrogens (tertiary/aromatic N) is 3. The van der Waals surface area contributed by atoms with Crippen molar-refractivity contribution in [2.75, 3.05) is 58.3 Å². The van der Waals surface area contributed by atoms with E-state index < -0.39 is 0 Å². The van der Waals surface area contributed by atoms with Gasteiger partial charge in [-0.05, 0) is 24.6 Å². The summed E-state index contributed by atoms with van der Waals surface area (Å²) in [6.45, 7) is 5.85. The van der Waals surface area contributed by atoms with Crippen molar-refractivity contribution < 1.29 is 9.59 Å². The van der Waals surface area contributed by atoms with Crippen LogP contribution in [0.5, 0.6) is 0 Å². The predicted molar refractivity (Wildman–Crippen MR) is 96.5 cm³/mol. The van der Waals surface area contributed by atoms with E-state index in [1.165, 1.54) is 10.5 Å². The van der Waals surface area contributed by atoms with Crippen LogP contribution in [0.25, 0.3) is 0 Å². The molecule has 1 aliphatic heterocycles. The lowest BCUT2D eigenvalue weighted by Gasteiger charge is -2.37. The molecule has 2 rings (SSSR count). The topological polar surface area (TPSA) is 55.9 Å². The van der Waals surface area contributed by atoms with Gasteiger partial charge in [0.05, 0.1) is 13.1 Å². The van der Waals surface area contributed by atoms with Crippen LogP contribution in [-0.4, -0.2) is 75.0 Å². The number of carbonyl (C=O) groups excluding carboxylic acids is 2. The zero-order valence-corrected chi connectivity index (χ0v) is 15.3. The van der Waals surface area contributed by atoms with Gasteiger partial charge in [0.25, 0.3) is 0 Å². The molecular weight excluding hydrogens is 328 g/mol. The lowest BCUT2D eigenvalue weighted by atomic mass is 10.1. The predicted octanol–water partition coefficient (Wildman–Crippen LogP) is 0.975. The average molecular weight is 353 g/mol. The first-order chi connectivity index (χ1) is 11.4. The van der Waals surface area contributed by atoms with E-state index in [-0.39, 0.29) is 18.4 Å². The van der Waals surface area contributed by atoms with Crippen molar-refractivity contribution in [2.24, 2.45) is 0 Å². The highest BCUT2D eigenvalue weighted by Crippen LogP contribution is 2.25. The van der Waals surface area contributed by atoms with Crippen molar-refractivity contribution in [3.63, 3.8) is 0 Å². The van der Waals surface area contributed by atoms with Crippen molar-refractivity contribution in [1.82, 2.24) is 15.1 Å². The van der Waals surface area contributed by atoms with Gasteiger partial charge in [-0.25, -0.2) is 0 Å².